The highest BCUT2D eigenvalue weighted by Gasteiger charge is 2.26. The van der Waals surface area contributed by atoms with Crippen LogP contribution in [0.2, 0.25) is 0 Å². The van der Waals surface area contributed by atoms with Gasteiger partial charge in [0.05, 0.1) is 20.6 Å². The lowest BCUT2D eigenvalue weighted by molar-refractivity contribution is -0.131. The number of nitrogens with zero attached hydrogens (tertiary/aromatic N) is 3. The molecule has 2 aliphatic rings. The summed E-state index contributed by atoms with van der Waals surface area (Å²) in [6.45, 7) is 4.93. The number of benzene rings is 2. The molecule has 6 heteroatoms. The van der Waals surface area contributed by atoms with E-state index in [0.717, 1.165) is 57.1 Å². The molecule has 0 saturated carbocycles. The Labute approximate surface area is 204 Å². The average molecular weight is 466 g/mol. The molecule has 2 aliphatic heterocycles. The van der Waals surface area contributed by atoms with Crippen molar-refractivity contribution in [2.75, 3.05) is 65.9 Å². The van der Waals surface area contributed by atoms with Gasteiger partial charge in [0.15, 0.2) is 11.5 Å². The van der Waals surface area contributed by atoms with Crippen molar-refractivity contribution < 1.29 is 14.3 Å². The van der Waals surface area contributed by atoms with Crippen molar-refractivity contribution in [1.82, 2.24) is 9.80 Å². The van der Waals surface area contributed by atoms with Crippen LogP contribution in [0.1, 0.15) is 29.5 Å². The van der Waals surface area contributed by atoms with Crippen molar-refractivity contribution >= 4 is 11.6 Å². The summed E-state index contributed by atoms with van der Waals surface area (Å²) < 4.78 is 10.8. The molecule has 1 atom stereocenters. The number of hydrogen-bond donors (Lipinski definition) is 0. The van der Waals surface area contributed by atoms with Gasteiger partial charge in [0, 0.05) is 46.0 Å². The second-order valence-corrected chi connectivity index (χ2v) is 9.86. The lowest BCUT2D eigenvalue weighted by Crippen LogP contribution is -2.44. The molecular weight excluding hydrogens is 426 g/mol. The number of methoxy groups -OCH3 is 2. The third kappa shape index (κ3) is 5.84. The van der Waals surface area contributed by atoms with Gasteiger partial charge in [-0.15, -0.1) is 0 Å². The van der Waals surface area contributed by atoms with E-state index in [1.165, 1.54) is 35.2 Å². The molecule has 0 spiro atoms. The van der Waals surface area contributed by atoms with Gasteiger partial charge < -0.3 is 24.2 Å². The Kier molecular flexibility index (Phi) is 7.99. The van der Waals surface area contributed by atoms with Crippen LogP contribution in [0.4, 0.5) is 5.69 Å². The number of carbonyl (C=O) groups is 1. The Morgan fingerprint density at radius 2 is 1.82 bits per heavy atom. The molecule has 2 heterocycles. The molecule has 0 aromatic heterocycles. The van der Waals surface area contributed by atoms with E-state index in [0.29, 0.717) is 12.3 Å². The Bertz CT molecular complexity index is 991. The summed E-state index contributed by atoms with van der Waals surface area (Å²) in [5.41, 5.74) is 4.98. The number of carbonyl (C=O) groups excluding carboxylic acids is 1. The summed E-state index contributed by atoms with van der Waals surface area (Å²) in [7, 11) is 7.48. The van der Waals surface area contributed by atoms with Crippen LogP contribution in [-0.2, 0) is 24.1 Å². The first-order valence-corrected chi connectivity index (χ1v) is 12.5. The monoisotopic (exact) mass is 465 g/mol. The number of anilines is 1. The average Bonchev–Trinajstić information content (AvgIpc) is 3.00. The van der Waals surface area contributed by atoms with E-state index in [1.54, 1.807) is 14.2 Å². The summed E-state index contributed by atoms with van der Waals surface area (Å²) in [5, 5.41) is 0. The fourth-order valence-electron chi connectivity index (χ4n) is 5.28. The predicted octanol–water partition coefficient (Wildman–Crippen LogP) is 3.65. The second-order valence-electron chi connectivity index (χ2n) is 9.86. The van der Waals surface area contributed by atoms with Crippen LogP contribution in [0.5, 0.6) is 11.5 Å². The minimum absolute atomic E-state index is 0.277. The standard InChI is InChI=1S/C28H39N3O3/c1-29(2)25-9-8-23-18-28(32)31(15-12-24(23)17-25)20-22-6-5-13-30(19-22)14-11-21-7-10-26(33-3)27(16-21)34-4/h7-10,16-17,22H,5-6,11-15,18-20H2,1-4H3. The zero-order valence-electron chi connectivity index (χ0n) is 21.2. The number of fused-ring (bicyclic) bond motifs is 1. The van der Waals surface area contributed by atoms with Gasteiger partial charge in [-0.3, -0.25) is 4.79 Å². The van der Waals surface area contributed by atoms with Gasteiger partial charge in [-0.2, -0.15) is 0 Å². The zero-order valence-corrected chi connectivity index (χ0v) is 21.2. The van der Waals surface area contributed by atoms with E-state index in [1.807, 2.05) is 6.07 Å². The maximum Gasteiger partial charge on any atom is 0.227 e. The van der Waals surface area contributed by atoms with Crippen LogP contribution in [-0.4, -0.2) is 76.7 Å². The molecule has 184 valence electrons. The molecule has 2 aromatic rings. The SMILES string of the molecule is COc1ccc(CCN2CCCC(CN3CCc4cc(N(C)C)ccc4CC3=O)C2)cc1OC. The molecular formula is C28H39N3O3. The maximum absolute atomic E-state index is 13.1. The number of likely N-dealkylation sites (tertiary alicyclic amines) is 1. The number of amides is 1. The minimum atomic E-state index is 0.277. The molecule has 2 aromatic carbocycles. The first-order valence-electron chi connectivity index (χ1n) is 12.5. The maximum atomic E-state index is 13.1. The lowest BCUT2D eigenvalue weighted by Gasteiger charge is -2.35. The molecule has 1 fully saturated rings. The van der Waals surface area contributed by atoms with Gasteiger partial charge in [-0.05, 0) is 79.1 Å². The van der Waals surface area contributed by atoms with Crippen LogP contribution in [0.25, 0.3) is 0 Å². The molecule has 1 saturated heterocycles. The van der Waals surface area contributed by atoms with Crippen molar-refractivity contribution in [3.63, 3.8) is 0 Å². The van der Waals surface area contributed by atoms with Gasteiger partial charge in [-0.25, -0.2) is 0 Å². The normalized spacial score (nSPS) is 18.9. The predicted molar refractivity (Wildman–Crippen MR) is 137 cm³/mol. The van der Waals surface area contributed by atoms with Gasteiger partial charge >= 0.3 is 0 Å². The van der Waals surface area contributed by atoms with E-state index in [-0.39, 0.29) is 5.91 Å². The first kappa shape index (κ1) is 24.4. The summed E-state index contributed by atoms with van der Waals surface area (Å²) >= 11 is 0. The van der Waals surface area contributed by atoms with E-state index in [9.17, 15) is 4.79 Å². The fraction of sp³-hybridized carbons (Fsp3) is 0.536. The highest BCUT2D eigenvalue weighted by atomic mass is 16.5. The van der Waals surface area contributed by atoms with Crippen LogP contribution in [0, 0.1) is 5.92 Å². The quantitative estimate of drug-likeness (QED) is 0.596. The Balaban J connectivity index is 1.32. The van der Waals surface area contributed by atoms with Crippen molar-refractivity contribution in [3.8, 4) is 11.5 Å². The van der Waals surface area contributed by atoms with E-state index in [4.69, 9.17) is 9.47 Å². The second kappa shape index (κ2) is 11.1. The van der Waals surface area contributed by atoms with Crippen LogP contribution < -0.4 is 14.4 Å². The van der Waals surface area contributed by atoms with Gasteiger partial charge in [0.25, 0.3) is 0 Å². The summed E-state index contributed by atoms with van der Waals surface area (Å²) in [4.78, 5) is 19.9. The third-order valence-electron chi connectivity index (χ3n) is 7.30. The Hall–Kier alpha value is -2.73. The largest absolute Gasteiger partial charge is 0.493 e. The first-order chi connectivity index (χ1) is 16.5. The fourth-order valence-corrected chi connectivity index (χ4v) is 5.28. The van der Waals surface area contributed by atoms with E-state index < -0.39 is 0 Å². The van der Waals surface area contributed by atoms with Gasteiger partial charge in [-0.1, -0.05) is 12.1 Å². The van der Waals surface area contributed by atoms with Crippen molar-refractivity contribution in [2.24, 2.45) is 5.92 Å². The molecule has 0 bridgehead atoms. The smallest absolute Gasteiger partial charge is 0.227 e. The molecule has 1 amide bonds. The van der Waals surface area contributed by atoms with Gasteiger partial charge in [0.2, 0.25) is 5.91 Å². The molecule has 1 unspecified atom stereocenters. The number of rotatable bonds is 8. The van der Waals surface area contributed by atoms with Crippen molar-refractivity contribution in [1.29, 1.82) is 0 Å². The highest BCUT2D eigenvalue weighted by Crippen LogP contribution is 2.28. The Morgan fingerprint density at radius 3 is 2.59 bits per heavy atom. The molecule has 4 rings (SSSR count). The van der Waals surface area contributed by atoms with Gasteiger partial charge in [0.1, 0.15) is 0 Å². The summed E-state index contributed by atoms with van der Waals surface area (Å²) in [6, 6.07) is 12.7. The summed E-state index contributed by atoms with van der Waals surface area (Å²) in [5.74, 6) is 2.38. The minimum Gasteiger partial charge on any atom is -0.493 e. The number of ether oxygens (including phenoxy) is 2. The van der Waals surface area contributed by atoms with Crippen LogP contribution in [0.15, 0.2) is 36.4 Å². The molecule has 0 N–H and O–H groups in total. The zero-order chi connectivity index (χ0) is 24.1. The Morgan fingerprint density at radius 1 is 1.00 bits per heavy atom. The van der Waals surface area contributed by atoms with Crippen LogP contribution >= 0.6 is 0 Å². The lowest BCUT2D eigenvalue weighted by atomic mass is 9.96. The summed E-state index contributed by atoms with van der Waals surface area (Å²) in [6.07, 6.45) is 4.86. The highest BCUT2D eigenvalue weighted by molar-refractivity contribution is 5.80. The third-order valence-corrected chi connectivity index (χ3v) is 7.30. The van der Waals surface area contributed by atoms with E-state index >= 15 is 0 Å². The molecule has 0 aliphatic carbocycles. The van der Waals surface area contributed by atoms with Crippen LogP contribution in [0.3, 0.4) is 0 Å². The van der Waals surface area contributed by atoms with Crippen molar-refractivity contribution in [2.45, 2.75) is 32.1 Å². The van der Waals surface area contributed by atoms with Crippen molar-refractivity contribution in [3.05, 3.63) is 53.1 Å². The van der Waals surface area contributed by atoms with E-state index in [2.05, 4.69) is 59.1 Å². The number of hydrogen-bond acceptors (Lipinski definition) is 5. The number of piperidine rings is 1. The molecule has 0 radical (unpaired) electrons. The molecule has 6 nitrogen and oxygen atoms in total. The topological polar surface area (TPSA) is 45.2 Å². The molecule has 34 heavy (non-hydrogen) atoms.